The van der Waals surface area contributed by atoms with E-state index in [2.05, 4.69) is 6.92 Å². The Morgan fingerprint density at radius 3 is 2.53 bits per heavy atom. The van der Waals surface area contributed by atoms with E-state index < -0.39 is 6.17 Å². The van der Waals surface area contributed by atoms with Crippen LogP contribution in [0, 0.1) is 6.92 Å². The smallest absolute Gasteiger partial charge is 0.144 e. The Bertz CT molecular complexity index is 523. The number of allylic oxidation sites excluding steroid dienone is 3. The van der Waals surface area contributed by atoms with Crippen molar-refractivity contribution in [2.75, 3.05) is 20.6 Å². The Morgan fingerprint density at radius 1 is 1.26 bits per heavy atom. The zero-order valence-electron chi connectivity index (χ0n) is 11.4. The van der Waals surface area contributed by atoms with Crippen LogP contribution in [0.25, 0.3) is 6.08 Å². The van der Waals surface area contributed by atoms with E-state index >= 15 is 0 Å². The second-order valence-electron chi connectivity index (χ2n) is 5.06. The predicted molar refractivity (Wildman–Crippen MR) is 79.4 cm³/mol. The molecule has 1 aromatic rings. The van der Waals surface area contributed by atoms with Gasteiger partial charge in [-0.25, -0.2) is 4.39 Å². The Labute approximate surface area is 114 Å². The fourth-order valence-corrected chi connectivity index (χ4v) is 2.17. The zero-order chi connectivity index (χ0) is 13.8. The Balaban J connectivity index is 2.25. The summed E-state index contributed by atoms with van der Waals surface area (Å²) >= 11 is 0. The van der Waals surface area contributed by atoms with Crippen molar-refractivity contribution in [1.82, 2.24) is 4.90 Å². The quantitative estimate of drug-likeness (QED) is 0.797. The molecule has 0 amide bonds. The number of alkyl halides is 1. The summed E-state index contributed by atoms with van der Waals surface area (Å²) in [4.78, 5) is 2.02. The van der Waals surface area contributed by atoms with Crippen LogP contribution < -0.4 is 0 Å². The molecule has 19 heavy (non-hydrogen) atoms. The van der Waals surface area contributed by atoms with Crippen molar-refractivity contribution < 1.29 is 4.39 Å². The van der Waals surface area contributed by atoms with Gasteiger partial charge in [0.05, 0.1) is 0 Å². The van der Waals surface area contributed by atoms with Crippen molar-refractivity contribution in [2.45, 2.75) is 6.17 Å². The minimum absolute atomic E-state index is 0.647. The zero-order valence-corrected chi connectivity index (χ0v) is 11.4. The van der Waals surface area contributed by atoms with Gasteiger partial charge in [0.2, 0.25) is 0 Å². The summed E-state index contributed by atoms with van der Waals surface area (Å²) in [7, 11) is 3.94. The molecule has 0 heterocycles. The van der Waals surface area contributed by atoms with Gasteiger partial charge in [-0.3, -0.25) is 0 Å². The molecule has 0 aromatic heterocycles. The molecule has 0 N–H and O–H groups in total. The van der Waals surface area contributed by atoms with E-state index in [1.54, 1.807) is 6.08 Å². The normalized spacial score (nSPS) is 21.5. The summed E-state index contributed by atoms with van der Waals surface area (Å²) in [6.45, 7) is 4.71. The molecule has 1 nitrogen and oxygen atoms in total. The molecular formula is C17H19FN. The lowest BCUT2D eigenvalue weighted by Crippen LogP contribution is -2.18. The first kappa shape index (κ1) is 13.8. The number of halogens is 1. The fourth-order valence-electron chi connectivity index (χ4n) is 2.17. The summed E-state index contributed by atoms with van der Waals surface area (Å²) in [5.41, 5.74) is 3.39. The highest BCUT2D eigenvalue weighted by Gasteiger charge is 2.18. The van der Waals surface area contributed by atoms with Crippen LogP contribution >= 0.6 is 0 Å². The molecule has 1 aromatic carbocycles. The monoisotopic (exact) mass is 256 g/mol. The van der Waals surface area contributed by atoms with Crippen LogP contribution in [-0.4, -0.2) is 31.7 Å². The molecule has 0 fully saturated rings. The SMILES string of the molecule is [CH2]C1=CC(CN(C)C)=CC(F)C1=Cc1ccccc1. The molecule has 1 aliphatic rings. The highest BCUT2D eigenvalue weighted by molar-refractivity contribution is 5.64. The van der Waals surface area contributed by atoms with E-state index in [1.807, 2.05) is 61.5 Å². The number of benzene rings is 1. The molecule has 0 aliphatic heterocycles. The van der Waals surface area contributed by atoms with E-state index in [4.69, 9.17) is 0 Å². The summed E-state index contributed by atoms with van der Waals surface area (Å²) in [6.07, 6.45) is 4.42. The largest absolute Gasteiger partial charge is 0.305 e. The molecule has 2 rings (SSSR count). The molecule has 1 unspecified atom stereocenters. The maximum Gasteiger partial charge on any atom is 0.144 e. The summed E-state index contributed by atoms with van der Waals surface area (Å²) in [5.74, 6) is 0. The van der Waals surface area contributed by atoms with Gasteiger partial charge in [-0.2, -0.15) is 0 Å². The number of hydrogen-bond acceptors (Lipinski definition) is 1. The van der Waals surface area contributed by atoms with Crippen molar-refractivity contribution in [1.29, 1.82) is 0 Å². The molecule has 1 radical (unpaired) electrons. The van der Waals surface area contributed by atoms with Crippen LogP contribution in [0.5, 0.6) is 0 Å². The average molecular weight is 256 g/mol. The first-order chi connectivity index (χ1) is 9.06. The maximum absolute atomic E-state index is 14.2. The molecular weight excluding hydrogens is 237 g/mol. The van der Waals surface area contributed by atoms with E-state index in [-0.39, 0.29) is 0 Å². The fraction of sp³-hybridized carbons (Fsp3) is 0.235. The van der Waals surface area contributed by atoms with Crippen molar-refractivity contribution in [3.05, 3.63) is 71.7 Å². The Hall–Kier alpha value is -1.67. The topological polar surface area (TPSA) is 3.24 Å². The lowest BCUT2D eigenvalue weighted by atomic mass is 9.92. The molecule has 1 aliphatic carbocycles. The number of hydrogen-bond donors (Lipinski definition) is 0. The number of rotatable bonds is 3. The molecule has 0 saturated carbocycles. The van der Waals surface area contributed by atoms with Crippen LogP contribution in [0.1, 0.15) is 5.56 Å². The van der Waals surface area contributed by atoms with E-state index in [0.29, 0.717) is 5.57 Å². The highest BCUT2D eigenvalue weighted by atomic mass is 19.1. The number of likely N-dealkylation sites (N-methyl/N-ethyl adjacent to an activating group) is 1. The van der Waals surface area contributed by atoms with Gasteiger partial charge < -0.3 is 4.90 Å². The van der Waals surface area contributed by atoms with Gasteiger partial charge in [0, 0.05) is 6.54 Å². The molecule has 0 spiro atoms. The molecule has 0 bridgehead atoms. The van der Waals surface area contributed by atoms with Gasteiger partial charge in [-0.05, 0) is 55.5 Å². The van der Waals surface area contributed by atoms with Crippen molar-refractivity contribution >= 4 is 6.08 Å². The Kier molecular flexibility index (Phi) is 4.33. The van der Waals surface area contributed by atoms with Crippen LogP contribution in [0.15, 0.2) is 59.2 Å². The predicted octanol–water partition coefficient (Wildman–Crippen LogP) is 3.67. The average Bonchev–Trinajstić information content (AvgIpc) is 2.34. The van der Waals surface area contributed by atoms with Crippen LogP contribution in [-0.2, 0) is 0 Å². The second-order valence-corrected chi connectivity index (χ2v) is 5.06. The van der Waals surface area contributed by atoms with Crippen LogP contribution in [0.3, 0.4) is 0 Å². The number of nitrogens with zero attached hydrogens (tertiary/aromatic N) is 1. The van der Waals surface area contributed by atoms with Gasteiger partial charge in [-0.1, -0.05) is 36.4 Å². The van der Waals surface area contributed by atoms with Gasteiger partial charge in [0.15, 0.2) is 0 Å². The minimum Gasteiger partial charge on any atom is -0.305 e. The summed E-state index contributed by atoms with van der Waals surface area (Å²) in [6, 6.07) is 9.77. The van der Waals surface area contributed by atoms with E-state index in [1.165, 1.54) is 0 Å². The Morgan fingerprint density at radius 2 is 1.95 bits per heavy atom. The third-order valence-electron chi connectivity index (χ3n) is 3.01. The molecule has 99 valence electrons. The van der Waals surface area contributed by atoms with Gasteiger partial charge in [0.25, 0.3) is 0 Å². The van der Waals surface area contributed by atoms with Crippen LogP contribution in [0.2, 0.25) is 0 Å². The van der Waals surface area contributed by atoms with Crippen molar-refractivity contribution in [3.8, 4) is 0 Å². The highest BCUT2D eigenvalue weighted by Crippen LogP contribution is 2.27. The molecule has 1 atom stereocenters. The third kappa shape index (κ3) is 3.65. The maximum atomic E-state index is 14.2. The van der Waals surface area contributed by atoms with Crippen LogP contribution in [0.4, 0.5) is 4.39 Å². The van der Waals surface area contributed by atoms with E-state index in [0.717, 1.165) is 23.3 Å². The van der Waals surface area contributed by atoms with Crippen molar-refractivity contribution in [3.63, 3.8) is 0 Å². The van der Waals surface area contributed by atoms with E-state index in [9.17, 15) is 4.39 Å². The summed E-state index contributed by atoms with van der Waals surface area (Å²) in [5, 5.41) is 0. The second kappa shape index (κ2) is 5.98. The lowest BCUT2D eigenvalue weighted by molar-refractivity contribution is 0.429. The van der Waals surface area contributed by atoms with Gasteiger partial charge in [-0.15, -0.1) is 0 Å². The molecule has 2 heteroatoms. The first-order valence-corrected chi connectivity index (χ1v) is 6.36. The first-order valence-electron chi connectivity index (χ1n) is 6.36. The van der Waals surface area contributed by atoms with Gasteiger partial charge >= 0.3 is 0 Å². The van der Waals surface area contributed by atoms with Crippen molar-refractivity contribution in [2.24, 2.45) is 0 Å². The third-order valence-corrected chi connectivity index (χ3v) is 3.01. The molecule has 0 saturated heterocycles. The summed E-state index contributed by atoms with van der Waals surface area (Å²) < 4.78 is 14.2. The lowest BCUT2D eigenvalue weighted by Gasteiger charge is -2.20. The minimum atomic E-state index is -1.08. The standard InChI is InChI=1S/C17H19FN/c1-13-9-15(12-19(2)3)11-17(18)16(13)10-14-7-5-4-6-8-14/h4-11,17H,1,12H2,2-3H3. The van der Waals surface area contributed by atoms with Gasteiger partial charge in [0.1, 0.15) is 6.17 Å².